The number of likely N-dealkylation sites (N-methyl/N-ethyl adjacent to an activating group) is 1. The zero-order chi connectivity index (χ0) is 18.7. The number of aliphatic carboxylic acids is 1. The molecule has 0 atom stereocenters. The number of carboxylic acids is 1. The Morgan fingerprint density at radius 3 is 2.52 bits per heavy atom. The Bertz CT molecular complexity index is 818. The molecule has 0 fully saturated rings. The van der Waals surface area contributed by atoms with Gasteiger partial charge in [0.05, 0.1) is 34.3 Å². The molecule has 0 unspecified atom stereocenters. The lowest BCUT2D eigenvalue weighted by Crippen LogP contribution is -2.30. The lowest BCUT2D eigenvalue weighted by atomic mass is 10.1. The van der Waals surface area contributed by atoms with Gasteiger partial charge in [-0.2, -0.15) is 5.10 Å². The molecule has 6 nitrogen and oxygen atoms in total. The summed E-state index contributed by atoms with van der Waals surface area (Å²) < 4.78 is 1.72. The van der Waals surface area contributed by atoms with Crippen molar-refractivity contribution in [2.24, 2.45) is 0 Å². The number of aryl methyl sites for hydroxylation is 1. The predicted octanol–water partition coefficient (Wildman–Crippen LogP) is 3.27. The van der Waals surface area contributed by atoms with Crippen LogP contribution in [0.4, 0.5) is 0 Å². The smallest absolute Gasteiger partial charge is 0.305 e. The second-order valence-corrected chi connectivity index (χ2v) is 6.61. The minimum absolute atomic E-state index is 0.0806. The maximum Gasteiger partial charge on any atom is 0.305 e. The fourth-order valence-electron chi connectivity index (χ4n) is 2.47. The maximum atomic E-state index is 12.3. The summed E-state index contributed by atoms with van der Waals surface area (Å²) in [5, 5.41) is 14.1. The van der Waals surface area contributed by atoms with Crippen LogP contribution in [-0.2, 0) is 16.0 Å². The molecule has 0 bridgehead atoms. The highest BCUT2D eigenvalue weighted by Crippen LogP contribution is 2.26. The summed E-state index contributed by atoms with van der Waals surface area (Å²) in [5.41, 5.74) is 3.14. The van der Waals surface area contributed by atoms with Crippen LogP contribution >= 0.6 is 23.2 Å². The van der Waals surface area contributed by atoms with Crippen LogP contribution in [0.3, 0.4) is 0 Å². The van der Waals surface area contributed by atoms with E-state index in [9.17, 15) is 9.59 Å². The monoisotopic (exact) mass is 383 g/mol. The van der Waals surface area contributed by atoms with Crippen molar-refractivity contribution in [3.8, 4) is 5.69 Å². The molecule has 0 aliphatic rings. The van der Waals surface area contributed by atoms with Crippen molar-refractivity contribution in [3.05, 3.63) is 45.2 Å². The lowest BCUT2D eigenvalue weighted by Gasteiger charge is -2.16. The van der Waals surface area contributed by atoms with E-state index in [4.69, 9.17) is 28.3 Å². The van der Waals surface area contributed by atoms with Gasteiger partial charge in [-0.3, -0.25) is 9.59 Å². The zero-order valence-corrected chi connectivity index (χ0v) is 15.7. The number of amides is 1. The van der Waals surface area contributed by atoms with Gasteiger partial charge in [-0.1, -0.05) is 23.2 Å². The van der Waals surface area contributed by atoms with Crippen LogP contribution in [-0.4, -0.2) is 45.3 Å². The number of rotatable bonds is 6. The van der Waals surface area contributed by atoms with E-state index in [0.717, 1.165) is 22.6 Å². The molecule has 134 valence electrons. The third kappa shape index (κ3) is 4.52. The Hall–Kier alpha value is -2.05. The third-order valence-electron chi connectivity index (χ3n) is 4.00. The summed E-state index contributed by atoms with van der Waals surface area (Å²) in [4.78, 5) is 24.4. The maximum absolute atomic E-state index is 12.3. The van der Waals surface area contributed by atoms with Gasteiger partial charge in [0.2, 0.25) is 5.91 Å². The van der Waals surface area contributed by atoms with E-state index in [1.807, 2.05) is 13.8 Å². The largest absolute Gasteiger partial charge is 0.481 e. The average Bonchev–Trinajstić information content (AvgIpc) is 2.83. The first-order chi connectivity index (χ1) is 11.7. The molecule has 25 heavy (non-hydrogen) atoms. The van der Waals surface area contributed by atoms with E-state index >= 15 is 0 Å². The molecule has 0 spiro atoms. The zero-order valence-electron chi connectivity index (χ0n) is 14.2. The number of carboxylic acid groups (broad SMARTS) is 1. The summed E-state index contributed by atoms with van der Waals surface area (Å²) >= 11 is 12.0. The molecule has 1 amide bonds. The van der Waals surface area contributed by atoms with Crippen molar-refractivity contribution in [2.45, 2.75) is 26.7 Å². The Kier molecular flexibility index (Phi) is 6.08. The summed E-state index contributed by atoms with van der Waals surface area (Å²) in [7, 11) is 1.60. The summed E-state index contributed by atoms with van der Waals surface area (Å²) in [6.45, 7) is 3.89. The molecule has 0 aliphatic carbocycles. The molecular weight excluding hydrogens is 365 g/mol. The Morgan fingerprint density at radius 2 is 1.92 bits per heavy atom. The van der Waals surface area contributed by atoms with Crippen molar-refractivity contribution in [3.63, 3.8) is 0 Å². The molecule has 0 saturated heterocycles. The second-order valence-electron chi connectivity index (χ2n) is 5.80. The standard InChI is InChI=1S/C17H19Cl2N3O3/c1-10-13(9-16(23)21(3)7-6-17(24)25)11(2)22(20-10)12-4-5-14(18)15(19)8-12/h4-5,8H,6-7,9H2,1-3H3,(H,24,25). The Morgan fingerprint density at radius 1 is 1.24 bits per heavy atom. The van der Waals surface area contributed by atoms with Crippen LogP contribution < -0.4 is 0 Å². The quantitative estimate of drug-likeness (QED) is 0.830. The van der Waals surface area contributed by atoms with Crippen LogP contribution in [0.25, 0.3) is 5.69 Å². The second kappa shape index (κ2) is 7.89. The molecule has 0 radical (unpaired) electrons. The summed E-state index contributed by atoms with van der Waals surface area (Å²) in [5.74, 6) is -1.08. The number of carbonyl (C=O) groups is 2. The van der Waals surface area contributed by atoms with Crippen LogP contribution in [0.5, 0.6) is 0 Å². The average molecular weight is 384 g/mol. The van der Waals surface area contributed by atoms with Crippen LogP contribution in [0, 0.1) is 13.8 Å². The van der Waals surface area contributed by atoms with Crippen LogP contribution in [0.1, 0.15) is 23.4 Å². The molecule has 1 aromatic heterocycles. The van der Waals surface area contributed by atoms with Gasteiger partial charge in [-0.25, -0.2) is 4.68 Å². The van der Waals surface area contributed by atoms with E-state index in [-0.39, 0.29) is 25.3 Å². The minimum Gasteiger partial charge on any atom is -0.481 e. The number of hydrogen-bond donors (Lipinski definition) is 1. The molecule has 2 rings (SSSR count). The fourth-order valence-corrected chi connectivity index (χ4v) is 2.77. The van der Waals surface area contributed by atoms with E-state index in [1.165, 1.54) is 4.90 Å². The predicted molar refractivity (Wildman–Crippen MR) is 96.7 cm³/mol. The fraction of sp³-hybridized carbons (Fsp3) is 0.353. The van der Waals surface area contributed by atoms with Crippen molar-refractivity contribution >= 4 is 35.1 Å². The van der Waals surface area contributed by atoms with Crippen LogP contribution in [0.2, 0.25) is 10.0 Å². The van der Waals surface area contributed by atoms with Gasteiger partial charge < -0.3 is 10.0 Å². The topological polar surface area (TPSA) is 75.4 Å². The molecule has 1 heterocycles. The first kappa shape index (κ1) is 19.3. The van der Waals surface area contributed by atoms with Gasteiger partial charge in [0.1, 0.15) is 0 Å². The lowest BCUT2D eigenvalue weighted by molar-refractivity contribution is -0.138. The number of nitrogens with zero attached hydrogens (tertiary/aromatic N) is 3. The highest BCUT2D eigenvalue weighted by molar-refractivity contribution is 6.42. The summed E-state index contributed by atoms with van der Waals surface area (Å²) in [6.07, 6.45) is 0.0812. The SMILES string of the molecule is Cc1nn(-c2ccc(Cl)c(Cl)c2)c(C)c1CC(=O)N(C)CCC(=O)O. The molecule has 0 saturated carbocycles. The Labute approximate surface area is 155 Å². The van der Waals surface area contributed by atoms with Gasteiger partial charge in [0.25, 0.3) is 0 Å². The molecule has 1 N–H and O–H groups in total. The number of carbonyl (C=O) groups excluding carboxylic acids is 1. The number of hydrogen-bond acceptors (Lipinski definition) is 3. The molecule has 1 aromatic carbocycles. The number of halogens is 2. The first-order valence-electron chi connectivity index (χ1n) is 7.67. The van der Waals surface area contributed by atoms with E-state index in [0.29, 0.717) is 10.0 Å². The number of benzene rings is 1. The van der Waals surface area contributed by atoms with Gasteiger partial charge in [-0.15, -0.1) is 0 Å². The highest BCUT2D eigenvalue weighted by Gasteiger charge is 2.19. The van der Waals surface area contributed by atoms with Gasteiger partial charge >= 0.3 is 5.97 Å². The van der Waals surface area contributed by atoms with E-state index in [2.05, 4.69) is 5.10 Å². The Balaban J connectivity index is 2.23. The van der Waals surface area contributed by atoms with Gasteiger partial charge in [-0.05, 0) is 32.0 Å². The van der Waals surface area contributed by atoms with Crippen molar-refractivity contribution in [2.75, 3.05) is 13.6 Å². The van der Waals surface area contributed by atoms with Crippen molar-refractivity contribution in [1.29, 1.82) is 0 Å². The van der Waals surface area contributed by atoms with Gasteiger partial charge in [0.15, 0.2) is 0 Å². The first-order valence-corrected chi connectivity index (χ1v) is 8.42. The normalized spacial score (nSPS) is 10.8. The molecular formula is C17H19Cl2N3O3. The summed E-state index contributed by atoms with van der Waals surface area (Å²) in [6, 6.07) is 5.21. The van der Waals surface area contributed by atoms with Crippen molar-refractivity contribution < 1.29 is 14.7 Å². The third-order valence-corrected chi connectivity index (χ3v) is 4.74. The van der Waals surface area contributed by atoms with E-state index in [1.54, 1.807) is 29.9 Å². The molecule has 0 aliphatic heterocycles. The number of aromatic nitrogens is 2. The highest BCUT2D eigenvalue weighted by atomic mass is 35.5. The minimum atomic E-state index is -0.931. The van der Waals surface area contributed by atoms with Crippen LogP contribution in [0.15, 0.2) is 18.2 Å². The molecule has 2 aromatic rings. The molecule has 8 heteroatoms. The van der Waals surface area contributed by atoms with E-state index < -0.39 is 5.97 Å². The van der Waals surface area contributed by atoms with Gasteiger partial charge in [0, 0.05) is 24.8 Å². The van der Waals surface area contributed by atoms with Crippen molar-refractivity contribution in [1.82, 2.24) is 14.7 Å².